The summed E-state index contributed by atoms with van der Waals surface area (Å²) in [4.78, 5) is 13.1. The topological polar surface area (TPSA) is 75.7 Å². The summed E-state index contributed by atoms with van der Waals surface area (Å²) in [6.07, 6.45) is 3.06. The van der Waals surface area contributed by atoms with Crippen LogP contribution in [0.4, 0.5) is 0 Å². The van der Waals surface area contributed by atoms with Crippen molar-refractivity contribution in [2.75, 3.05) is 32.8 Å². The lowest BCUT2D eigenvalue weighted by Gasteiger charge is -2.38. The molecule has 0 saturated carbocycles. The number of nitrogens with zero attached hydrogens (tertiary/aromatic N) is 1. The smallest absolute Gasteiger partial charge is 0.224 e. The Morgan fingerprint density at radius 2 is 1.88 bits per heavy atom. The standard InChI is InChI=1S/C25H31ClN2O4S/c26-23-10-4-6-20(16-23)18-33(30,31)28-13-5-7-21(17-28)24(29)27-19-25(11-14-32-15-12-25)22-8-2-1-3-9-22/h1-4,6,8-10,16,21H,5,7,11-15,17-19H2,(H,27,29)/t21-/m0/s1. The number of benzene rings is 2. The van der Waals surface area contributed by atoms with Crippen LogP contribution in [0.2, 0.25) is 5.02 Å². The van der Waals surface area contributed by atoms with Crippen LogP contribution in [0.5, 0.6) is 0 Å². The summed E-state index contributed by atoms with van der Waals surface area (Å²) in [5, 5.41) is 3.67. The van der Waals surface area contributed by atoms with E-state index in [9.17, 15) is 13.2 Å². The number of hydrogen-bond acceptors (Lipinski definition) is 4. The quantitative estimate of drug-likeness (QED) is 0.641. The van der Waals surface area contributed by atoms with E-state index in [0.717, 1.165) is 12.8 Å². The van der Waals surface area contributed by atoms with Gasteiger partial charge in [0.2, 0.25) is 15.9 Å². The number of ether oxygens (including phenoxy) is 1. The Hall–Kier alpha value is -1.93. The lowest BCUT2D eigenvalue weighted by molar-refractivity contribution is -0.126. The maximum Gasteiger partial charge on any atom is 0.224 e. The molecule has 2 saturated heterocycles. The summed E-state index contributed by atoms with van der Waals surface area (Å²) in [6.45, 7) is 2.53. The molecule has 6 nitrogen and oxygen atoms in total. The number of hydrogen-bond donors (Lipinski definition) is 1. The van der Waals surface area contributed by atoms with Gasteiger partial charge in [-0.3, -0.25) is 4.79 Å². The fourth-order valence-electron chi connectivity index (χ4n) is 4.86. The third-order valence-corrected chi connectivity index (χ3v) is 8.88. The average molecular weight is 491 g/mol. The van der Waals surface area contributed by atoms with Gasteiger partial charge in [0.25, 0.3) is 0 Å². The van der Waals surface area contributed by atoms with Crippen molar-refractivity contribution in [2.24, 2.45) is 5.92 Å². The highest BCUT2D eigenvalue weighted by Crippen LogP contribution is 2.34. The monoisotopic (exact) mass is 490 g/mol. The van der Waals surface area contributed by atoms with Crippen LogP contribution >= 0.6 is 11.6 Å². The lowest BCUT2D eigenvalue weighted by Crippen LogP contribution is -2.49. The van der Waals surface area contributed by atoms with Gasteiger partial charge in [0.15, 0.2) is 0 Å². The first-order chi connectivity index (χ1) is 15.9. The van der Waals surface area contributed by atoms with E-state index < -0.39 is 10.0 Å². The molecule has 0 aromatic heterocycles. The molecule has 0 unspecified atom stereocenters. The zero-order valence-corrected chi connectivity index (χ0v) is 20.3. The SMILES string of the molecule is O=C(NCC1(c2ccccc2)CCOCC1)[C@H]1CCCN(S(=O)(=O)Cc2cccc(Cl)c2)C1. The second-order valence-electron chi connectivity index (χ2n) is 9.06. The van der Waals surface area contributed by atoms with Crippen LogP contribution in [0.3, 0.4) is 0 Å². The minimum absolute atomic E-state index is 0.0700. The molecule has 1 N–H and O–H groups in total. The molecule has 0 spiro atoms. The number of amides is 1. The molecule has 0 radical (unpaired) electrons. The van der Waals surface area contributed by atoms with Crippen LogP contribution in [-0.2, 0) is 30.7 Å². The highest BCUT2D eigenvalue weighted by molar-refractivity contribution is 7.88. The zero-order valence-electron chi connectivity index (χ0n) is 18.7. The van der Waals surface area contributed by atoms with Gasteiger partial charge in [0.1, 0.15) is 0 Å². The van der Waals surface area contributed by atoms with Crippen molar-refractivity contribution in [1.82, 2.24) is 9.62 Å². The second-order valence-corrected chi connectivity index (χ2v) is 11.5. The molecule has 2 aromatic rings. The number of sulfonamides is 1. The predicted octanol–water partition coefficient (Wildman–Crippen LogP) is 3.75. The van der Waals surface area contributed by atoms with E-state index in [-0.39, 0.29) is 29.5 Å². The number of carbonyl (C=O) groups is 1. The van der Waals surface area contributed by atoms with E-state index in [2.05, 4.69) is 17.4 Å². The Morgan fingerprint density at radius 1 is 1.12 bits per heavy atom. The van der Waals surface area contributed by atoms with E-state index in [1.807, 2.05) is 18.2 Å². The third kappa shape index (κ3) is 5.96. The molecule has 178 valence electrons. The summed E-state index contributed by atoms with van der Waals surface area (Å²) in [6, 6.07) is 17.2. The van der Waals surface area contributed by atoms with Gasteiger partial charge < -0.3 is 10.1 Å². The van der Waals surface area contributed by atoms with Crippen LogP contribution in [0.15, 0.2) is 54.6 Å². The van der Waals surface area contributed by atoms with Crippen molar-refractivity contribution in [2.45, 2.75) is 36.9 Å². The molecule has 33 heavy (non-hydrogen) atoms. The van der Waals surface area contributed by atoms with Crippen molar-refractivity contribution >= 4 is 27.5 Å². The van der Waals surface area contributed by atoms with Crippen molar-refractivity contribution in [1.29, 1.82) is 0 Å². The summed E-state index contributed by atoms with van der Waals surface area (Å²) < 4.78 is 33.1. The molecule has 1 amide bonds. The van der Waals surface area contributed by atoms with Crippen molar-refractivity contribution < 1.29 is 17.9 Å². The fourth-order valence-corrected chi connectivity index (χ4v) is 6.67. The molecular formula is C25H31ClN2O4S. The minimum Gasteiger partial charge on any atom is -0.381 e. The molecule has 2 heterocycles. The number of rotatable bonds is 7. The van der Waals surface area contributed by atoms with Gasteiger partial charge >= 0.3 is 0 Å². The van der Waals surface area contributed by atoms with Gasteiger partial charge in [-0.05, 0) is 48.9 Å². The molecule has 2 aliphatic heterocycles. The molecule has 2 aromatic carbocycles. The lowest BCUT2D eigenvalue weighted by atomic mass is 9.74. The first kappa shape index (κ1) is 24.2. The van der Waals surface area contributed by atoms with Gasteiger partial charge in [-0.1, -0.05) is 54.1 Å². The Kier molecular flexibility index (Phi) is 7.74. The van der Waals surface area contributed by atoms with Crippen LogP contribution in [0, 0.1) is 5.92 Å². The van der Waals surface area contributed by atoms with Crippen molar-refractivity contribution in [3.8, 4) is 0 Å². The Balaban J connectivity index is 1.40. The maximum atomic E-state index is 13.1. The summed E-state index contributed by atoms with van der Waals surface area (Å²) in [7, 11) is -3.53. The molecule has 1 atom stereocenters. The largest absolute Gasteiger partial charge is 0.381 e. The molecule has 8 heteroatoms. The highest BCUT2D eigenvalue weighted by atomic mass is 35.5. The van der Waals surface area contributed by atoms with Crippen LogP contribution in [-0.4, -0.2) is 51.5 Å². The van der Waals surface area contributed by atoms with E-state index in [0.29, 0.717) is 49.7 Å². The average Bonchev–Trinajstić information content (AvgIpc) is 2.83. The van der Waals surface area contributed by atoms with E-state index >= 15 is 0 Å². The Bertz CT molecular complexity index is 1060. The number of carbonyl (C=O) groups excluding carboxylic acids is 1. The predicted molar refractivity (Wildman–Crippen MR) is 130 cm³/mol. The maximum absolute atomic E-state index is 13.1. The van der Waals surface area contributed by atoms with E-state index in [1.165, 1.54) is 9.87 Å². The number of halogens is 1. The first-order valence-electron chi connectivity index (χ1n) is 11.5. The highest BCUT2D eigenvalue weighted by Gasteiger charge is 2.37. The van der Waals surface area contributed by atoms with Crippen LogP contribution < -0.4 is 5.32 Å². The molecule has 4 rings (SSSR count). The normalized spacial score (nSPS) is 21.4. The van der Waals surface area contributed by atoms with Crippen LogP contribution in [0.1, 0.15) is 36.8 Å². The third-order valence-electron chi connectivity index (χ3n) is 6.82. The molecule has 2 aliphatic rings. The molecule has 0 aliphatic carbocycles. The van der Waals surface area contributed by atoms with Crippen molar-refractivity contribution in [3.05, 3.63) is 70.7 Å². The Labute approximate surface area is 201 Å². The van der Waals surface area contributed by atoms with Crippen molar-refractivity contribution in [3.63, 3.8) is 0 Å². The first-order valence-corrected chi connectivity index (χ1v) is 13.5. The number of nitrogens with one attached hydrogen (secondary N) is 1. The van der Waals surface area contributed by atoms with Gasteiger partial charge in [0.05, 0.1) is 11.7 Å². The van der Waals surface area contributed by atoms with Gasteiger partial charge in [-0.25, -0.2) is 12.7 Å². The van der Waals surface area contributed by atoms with E-state index in [1.54, 1.807) is 24.3 Å². The van der Waals surface area contributed by atoms with Gasteiger partial charge in [0, 0.05) is 43.3 Å². The summed E-state index contributed by atoms with van der Waals surface area (Å²) in [5.41, 5.74) is 1.71. The van der Waals surface area contributed by atoms with Gasteiger partial charge in [-0.15, -0.1) is 0 Å². The van der Waals surface area contributed by atoms with Crippen LogP contribution in [0.25, 0.3) is 0 Å². The zero-order chi connectivity index (χ0) is 23.3. The second kappa shape index (κ2) is 10.6. The molecule has 0 bridgehead atoms. The van der Waals surface area contributed by atoms with Gasteiger partial charge in [-0.2, -0.15) is 0 Å². The fraction of sp³-hybridized carbons (Fsp3) is 0.480. The van der Waals surface area contributed by atoms with E-state index in [4.69, 9.17) is 16.3 Å². The number of piperidine rings is 1. The minimum atomic E-state index is -3.53. The summed E-state index contributed by atoms with van der Waals surface area (Å²) >= 11 is 6.01. The Morgan fingerprint density at radius 3 is 2.61 bits per heavy atom. The molecular weight excluding hydrogens is 460 g/mol. The summed E-state index contributed by atoms with van der Waals surface area (Å²) in [5.74, 6) is -0.529. The molecule has 2 fully saturated rings.